The van der Waals surface area contributed by atoms with Crippen molar-refractivity contribution in [2.45, 2.75) is 46.6 Å². The summed E-state index contributed by atoms with van der Waals surface area (Å²) < 4.78 is 0. The summed E-state index contributed by atoms with van der Waals surface area (Å²) in [6.07, 6.45) is 1.96. The minimum Gasteiger partial charge on any atom is -0.396 e. The van der Waals surface area contributed by atoms with Crippen LogP contribution in [0.15, 0.2) is 0 Å². The van der Waals surface area contributed by atoms with Gasteiger partial charge in [0.25, 0.3) is 0 Å². The predicted molar refractivity (Wildman–Crippen MR) is 77.9 cm³/mol. The van der Waals surface area contributed by atoms with Crippen molar-refractivity contribution < 1.29 is 9.90 Å². The molecule has 1 saturated heterocycles. The number of hydrogen-bond donors (Lipinski definition) is 1. The molecule has 0 bridgehead atoms. The maximum absolute atomic E-state index is 12.4. The van der Waals surface area contributed by atoms with Gasteiger partial charge in [0.2, 0.25) is 5.91 Å². The van der Waals surface area contributed by atoms with Gasteiger partial charge in [-0.3, -0.25) is 9.69 Å². The number of aliphatic hydroxyl groups is 1. The second kappa shape index (κ2) is 7.85. The maximum atomic E-state index is 12.4. The maximum Gasteiger partial charge on any atom is 0.236 e. The van der Waals surface area contributed by atoms with E-state index in [0.717, 1.165) is 26.1 Å². The number of rotatable bonds is 6. The van der Waals surface area contributed by atoms with Crippen molar-refractivity contribution in [1.82, 2.24) is 9.80 Å². The van der Waals surface area contributed by atoms with E-state index >= 15 is 0 Å². The minimum absolute atomic E-state index is 0.190. The topological polar surface area (TPSA) is 43.8 Å². The van der Waals surface area contributed by atoms with E-state index < -0.39 is 0 Å². The summed E-state index contributed by atoms with van der Waals surface area (Å²) >= 11 is 0. The highest BCUT2D eigenvalue weighted by Gasteiger charge is 2.26. The first-order valence-corrected chi connectivity index (χ1v) is 7.56. The lowest BCUT2D eigenvalue weighted by molar-refractivity contribution is -0.135. The van der Waals surface area contributed by atoms with Crippen LogP contribution in [0.1, 0.15) is 40.5 Å². The van der Waals surface area contributed by atoms with E-state index in [1.165, 1.54) is 6.42 Å². The van der Waals surface area contributed by atoms with Crippen molar-refractivity contribution in [2.24, 2.45) is 11.8 Å². The van der Waals surface area contributed by atoms with Gasteiger partial charge in [0.05, 0.1) is 6.54 Å². The molecule has 1 rings (SSSR count). The molecule has 0 saturated carbocycles. The molecule has 1 amide bonds. The third kappa shape index (κ3) is 5.49. The molecule has 2 atom stereocenters. The molecule has 0 aromatic heterocycles. The summed E-state index contributed by atoms with van der Waals surface area (Å²) in [4.78, 5) is 16.6. The molecule has 4 nitrogen and oxygen atoms in total. The normalized spacial score (nSPS) is 24.3. The number of hydrogen-bond acceptors (Lipinski definition) is 3. The number of amides is 1. The molecule has 19 heavy (non-hydrogen) atoms. The Hall–Kier alpha value is -0.610. The summed E-state index contributed by atoms with van der Waals surface area (Å²) in [5.74, 6) is 1.46. The van der Waals surface area contributed by atoms with E-state index in [1.54, 1.807) is 0 Å². The van der Waals surface area contributed by atoms with E-state index in [-0.39, 0.29) is 12.5 Å². The second-order valence-corrected chi connectivity index (χ2v) is 6.39. The van der Waals surface area contributed by atoms with Gasteiger partial charge in [-0.2, -0.15) is 0 Å². The molecule has 2 unspecified atom stereocenters. The largest absolute Gasteiger partial charge is 0.396 e. The number of carbonyl (C=O) groups excluding carboxylic acids is 1. The van der Waals surface area contributed by atoms with Crippen LogP contribution in [0.25, 0.3) is 0 Å². The van der Waals surface area contributed by atoms with Crippen molar-refractivity contribution in [3.63, 3.8) is 0 Å². The zero-order valence-electron chi connectivity index (χ0n) is 12.9. The highest BCUT2D eigenvalue weighted by molar-refractivity contribution is 5.78. The average molecular weight is 270 g/mol. The summed E-state index contributed by atoms with van der Waals surface area (Å²) in [6.45, 7) is 11.9. The molecule has 0 spiro atoms. The SMILES string of the molecule is CC1CC(C)CN(C(=O)CN(CCCO)C(C)C)C1. The molecule has 112 valence electrons. The Bertz CT molecular complexity index is 271. The van der Waals surface area contributed by atoms with E-state index in [2.05, 4.69) is 32.6 Å². The van der Waals surface area contributed by atoms with Crippen LogP contribution in [0.4, 0.5) is 0 Å². The molecule has 1 heterocycles. The monoisotopic (exact) mass is 270 g/mol. The van der Waals surface area contributed by atoms with Gasteiger partial charge in [0.15, 0.2) is 0 Å². The highest BCUT2D eigenvalue weighted by Crippen LogP contribution is 2.21. The number of piperidine rings is 1. The third-order valence-electron chi connectivity index (χ3n) is 3.89. The Morgan fingerprint density at radius 1 is 1.32 bits per heavy atom. The fraction of sp³-hybridized carbons (Fsp3) is 0.933. The fourth-order valence-electron chi connectivity index (χ4n) is 2.93. The summed E-state index contributed by atoms with van der Waals surface area (Å²) in [7, 11) is 0. The second-order valence-electron chi connectivity index (χ2n) is 6.39. The van der Waals surface area contributed by atoms with E-state index in [9.17, 15) is 4.79 Å². The van der Waals surface area contributed by atoms with Crippen molar-refractivity contribution in [1.29, 1.82) is 0 Å². The lowest BCUT2D eigenvalue weighted by Gasteiger charge is -2.37. The van der Waals surface area contributed by atoms with Crippen molar-refractivity contribution in [2.75, 3.05) is 32.8 Å². The van der Waals surface area contributed by atoms with Crippen LogP contribution in [0.3, 0.4) is 0 Å². The number of nitrogens with zero attached hydrogens (tertiary/aromatic N) is 2. The van der Waals surface area contributed by atoms with Crippen LogP contribution in [0.2, 0.25) is 0 Å². The molecule has 1 aliphatic heterocycles. The zero-order chi connectivity index (χ0) is 14.4. The Kier molecular flexibility index (Phi) is 6.80. The lowest BCUT2D eigenvalue weighted by atomic mass is 9.92. The van der Waals surface area contributed by atoms with Gasteiger partial charge in [-0.1, -0.05) is 13.8 Å². The standard InChI is InChI=1S/C15H30N2O2/c1-12(2)16(6-5-7-18)11-15(19)17-9-13(3)8-14(4)10-17/h12-14,18H,5-11H2,1-4H3. The Morgan fingerprint density at radius 2 is 1.89 bits per heavy atom. The first-order chi connectivity index (χ1) is 8.93. The molecular weight excluding hydrogens is 240 g/mol. The molecule has 0 radical (unpaired) electrons. The number of likely N-dealkylation sites (tertiary alicyclic amines) is 1. The highest BCUT2D eigenvalue weighted by atomic mass is 16.3. The van der Waals surface area contributed by atoms with E-state index in [0.29, 0.717) is 24.4 Å². The molecule has 4 heteroatoms. The molecule has 0 aromatic carbocycles. The molecule has 0 aliphatic carbocycles. The fourth-order valence-corrected chi connectivity index (χ4v) is 2.93. The average Bonchev–Trinajstić information content (AvgIpc) is 2.32. The van der Waals surface area contributed by atoms with Crippen LogP contribution < -0.4 is 0 Å². The van der Waals surface area contributed by atoms with Crippen LogP contribution in [0.5, 0.6) is 0 Å². The van der Waals surface area contributed by atoms with Crippen LogP contribution >= 0.6 is 0 Å². The molecule has 0 aromatic rings. The quantitative estimate of drug-likeness (QED) is 0.797. The van der Waals surface area contributed by atoms with Gasteiger partial charge in [-0.05, 0) is 38.5 Å². The van der Waals surface area contributed by atoms with Crippen molar-refractivity contribution >= 4 is 5.91 Å². The molecule has 1 N–H and O–H groups in total. The van der Waals surface area contributed by atoms with E-state index in [1.807, 2.05) is 4.90 Å². The van der Waals surface area contributed by atoms with Crippen LogP contribution in [-0.4, -0.2) is 59.6 Å². The minimum atomic E-state index is 0.190. The summed E-state index contributed by atoms with van der Waals surface area (Å²) in [5, 5.41) is 8.93. The summed E-state index contributed by atoms with van der Waals surface area (Å²) in [5.41, 5.74) is 0. The van der Waals surface area contributed by atoms with Gasteiger partial charge in [0, 0.05) is 32.3 Å². The van der Waals surface area contributed by atoms with Gasteiger partial charge in [0.1, 0.15) is 0 Å². The number of aliphatic hydroxyl groups excluding tert-OH is 1. The molecule has 1 fully saturated rings. The van der Waals surface area contributed by atoms with Crippen molar-refractivity contribution in [3.8, 4) is 0 Å². The predicted octanol–water partition coefficient (Wildman–Crippen LogP) is 1.58. The van der Waals surface area contributed by atoms with Crippen LogP contribution in [-0.2, 0) is 4.79 Å². The molecular formula is C15H30N2O2. The zero-order valence-corrected chi connectivity index (χ0v) is 12.9. The van der Waals surface area contributed by atoms with Crippen molar-refractivity contribution in [3.05, 3.63) is 0 Å². The third-order valence-corrected chi connectivity index (χ3v) is 3.89. The smallest absolute Gasteiger partial charge is 0.236 e. The first kappa shape index (κ1) is 16.4. The Morgan fingerprint density at radius 3 is 2.37 bits per heavy atom. The van der Waals surface area contributed by atoms with Crippen LogP contribution in [0, 0.1) is 11.8 Å². The van der Waals surface area contributed by atoms with Gasteiger partial charge in [-0.25, -0.2) is 0 Å². The van der Waals surface area contributed by atoms with Gasteiger partial charge in [-0.15, -0.1) is 0 Å². The lowest BCUT2D eigenvalue weighted by Crippen LogP contribution is -2.48. The number of carbonyl (C=O) groups is 1. The molecule has 1 aliphatic rings. The first-order valence-electron chi connectivity index (χ1n) is 7.56. The van der Waals surface area contributed by atoms with E-state index in [4.69, 9.17) is 5.11 Å². The summed E-state index contributed by atoms with van der Waals surface area (Å²) in [6, 6.07) is 0.343. The van der Waals surface area contributed by atoms with Gasteiger partial charge < -0.3 is 10.0 Å². The Balaban J connectivity index is 2.51. The van der Waals surface area contributed by atoms with Gasteiger partial charge >= 0.3 is 0 Å². The Labute approximate surface area is 117 Å².